The maximum atomic E-state index is 12.5. The number of carboxylic acid groups (broad SMARTS) is 1. The minimum Gasteiger partial charge on any atom is -0.500 e. The van der Waals surface area contributed by atoms with Gasteiger partial charge in [-0.3, -0.25) is 4.79 Å². The van der Waals surface area contributed by atoms with Crippen molar-refractivity contribution in [2.45, 2.75) is 34.6 Å². The molecule has 0 fully saturated rings. The Kier molecular flexibility index (Phi) is 5.37. The van der Waals surface area contributed by atoms with Gasteiger partial charge in [0.1, 0.15) is 5.76 Å². The summed E-state index contributed by atoms with van der Waals surface area (Å²) in [5.41, 5.74) is 1.92. The number of hydrogen-bond donors (Lipinski definition) is 1. The van der Waals surface area contributed by atoms with Crippen LogP contribution in [0.15, 0.2) is 46.1 Å². The van der Waals surface area contributed by atoms with Crippen molar-refractivity contribution in [1.29, 1.82) is 0 Å². The summed E-state index contributed by atoms with van der Waals surface area (Å²) in [6.07, 6.45) is 3.41. The van der Waals surface area contributed by atoms with Gasteiger partial charge in [0, 0.05) is 21.9 Å². The summed E-state index contributed by atoms with van der Waals surface area (Å²) in [6, 6.07) is 1.82. The molecule has 0 saturated heterocycles. The van der Waals surface area contributed by atoms with Gasteiger partial charge >= 0.3 is 5.97 Å². The van der Waals surface area contributed by atoms with Crippen molar-refractivity contribution in [2.24, 2.45) is 11.3 Å². The molecule has 134 valence electrons. The molecule has 1 aliphatic rings. The van der Waals surface area contributed by atoms with Gasteiger partial charge in [0.05, 0.1) is 12.7 Å². The number of aryl methyl sites for hydroxylation is 1. The minimum atomic E-state index is -0.954. The van der Waals surface area contributed by atoms with Crippen molar-refractivity contribution in [2.75, 3.05) is 7.11 Å². The first-order valence-corrected chi connectivity index (χ1v) is 8.97. The summed E-state index contributed by atoms with van der Waals surface area (Å²) in [7, 11) is 1.54. The second-order valence-corrected chi connectivity index (χ2v) is 7.93. The maximum absolute atomic E-state index is 12.5. The van der Waals surface area contributed by atoms with Gasteiger partial charge in [-0.2, -0.15) is 0 Å². The lowest BCUT2D eigenvalue weighted by Gasteiger charge is -2.40. The molecular formula is C20H24O4S. The number of thiophene rings is 1. The van der Waals surface area contributed by atoms with Gasteiger partial charge in [-0.05, 0) is 43.7 Å². The normalized spacial score (nSPS) is 20.3. The van der Waals surface area contributed by atoms with Crippen LogP contribution in [0.1, 0.15) is 42.9 Å². The molecule has 1 heterocycles. The number of carbonyl (C=O) groups is 2. The molecule has 1 unspecified atom stereocenters. The number of methoxy groups -OCH3 is 1. The third-order valence-corrected chi connectivity index (χ3v) is 5.99. The topological polar surface area (TPSA) is 63.6 Å². The zero-order valence-corrected chi connectivity index (χ0v) is 16.3. The summed E-state index contributed by atoms with van der Waals surface area (Å²) in [4.78, 5) is 25.1. The predicted molar refractivity (Wildman–Crippen MR) is 99.8 cm³/mol. The fraction of sp³-hybridized carbons (Fsp3) is 0.400. The largest absolute Gasteiger partial charge is 0.500 e. The number of carbonyl (C=O) groups excluding carboxylic acids is 1. The Hall–Kier alpha value is -2.14. The molecule has 0 saturated carbocycles. The van der Waals surface area contributed by atoms with Crippen molar-refractivity contribution in [3.63, 3.8) is 0 Å². The molecule has 0 aliphatic heterocycles. The second-order valence-electron chi connectivity index (χ2n) is 6.81. The van der Waals surface area contributed by atoms with Gasteiger partial charge in [0.15, 0.2) is 5.78 Å². The molecule has 1 aromatic heterocycles. The molecule has 0 bridgehead atoms. The number of ether oxygens (including phenoxy) is 1. The van der Waals surface area contributed by atoms with E-state index in [1.807, 2.05) is 45.2 Å². The second kappa shape index (κ2) is 7.00. The van der Waals surface area contributed by atoms with E-state index in [4.69, 9.17) is 4.74 Å². The highest BCUT2D eigenvalue weighted by Crippen LogP contribution is 2.48. The van der Waals surface area contributed by atoms with E-state index < -0.39 is 11.4 Å². The van der Waals surface area contributed by atoms with Gasteiger partial charge in [0.25, 0.3) is 0 Å². The molecule has 1 aliphatic carbocycles. The van der Waals surface area contributed by atoms with Crippen molar-refractivity contribution in [3.8, 4) is 0 Å². The average molecular weight is 360 g/mol. The van der Waals surface area contributed by atoms with E-state index in [9.17, 15) is 14.7 Å². The standard InChI is InChI=1S/C20H24O4S/c1-11-17(19(22)23)12(2)20(4,5)15(18(11)24-6)7-8-16(21)14-9-10-25-13(14)3/h7-10,15H,1-6H3,(H,22,23). The number of aliphatic carboxylic acids is 1. The van der Waals surface area contributed by atoms with Crippen LogP contribution in [0.4, 0.5) is 0 Å². The van der Waals surface area contributed by atoms with Crippen LogP contribution in [0.3, 0.4) is 0 Å². The Balaban J connectivity index is 2.47. The van der Waals surface area contributed by atoms with Crippen LogP contribution in [0, 0.1) is 18.3 Å². The summed E-state index contributed by atoms with van der Waals surface area (Å²) >= 11 is 1.54. The van der Waals surface area contributed by atoms with Crippen LogP contribution in [0.2, 0.25) is 0 Å². The average Bonchev–Trinajstić information content (AvgIpc) is 2.95. The van der Waals surface area contributed by atoms with Crippen molar-refractivity contribution in [1.82, 2.24) is 0 Å². The Morgan fingerprint density at radius 2 is 1.92 bits per heavy atom. The monoisotopic (exact) mass is 360 g/mol. The summed E-state index contributed by atoms with van der Waals surface area (Å²) in [6.45, 7) is 9.48. The molecule has 0 spiro atoms. The quantitative estimate of drug-likeness (QED) is 0.607. The van der Waals surface area contributed by atoms with E-state index >= 15 is 0 Å². The van der Waals surface area contributed by atoms with E-state index in [2.05, 4.69) is 0 Å². The number of ketones is 1. The molecule has 0 radical (unpaired) electrons. The maximum Gasteiger partial charge on any atom is 0.336 e. The fourth-order valence-corrected chi connectivity index (χ4v) is 4.07. The molecule has 0 amide bonds. The Morgan fingerprint density at radius 3 is 2.40 bits per heavy atom. The minimum absolute atomic E-state index is 0.0479. The van der Waals surface area contributed by atoms with Crippen LogP contribution >= 0.6 is 11.3 Å². The number of allylic oxidation sites excluding steroid dienone is 3. The molecule has 1 aromatic rings. The number of carboxylic acids is 1. The van der Waals surface area contributed by atoms with Gasteiger partial charge < -0.3 is 9.84 Å². The Bertz CT molecular complexity index is 805. The summed E-state index contributed by atoms with van der Waals surface area (Å²) in [5.74, 6) is -0.610. The lowest BCUT2D eigenvalue weighted by atomic mass is 9.66. The third-order valence-electron chi connectivity index (χ3n) is 5.14. The first kappa shape index (κ1) is 19.2. The molecular weight excluding hydrogens is 336 g/mol. The predicted octanol–water partition coefficient (Wildman–Crippen LogP) is 4.77. The highest BCUT2D eigenvalue weighted by Gasteiger charge is 2.41. The van der Waals surface area contributed by atoms with Gasteiger partial charge in [-0.1, -0.05) is 25.5 Å². The zero-order valence-electron chi connectivity index (χ0n) is 15.5. The SMILES string of the molecule is COC1=C(C)C(C(=O)O)=C(C)C(C)(C)C1C=CC(=O)c1ccsc1C. The molecule has 4 nitrogen and oxygen atoms in total. The van der Waals surface area contributed by atoms with Gasteiger partial charge in [-0.15, -0.1) is 11.3 Å². The molecule has 2 rings (SSSR count). The highest BCUT2D eigenvalue weighted by molar-refractivity contribution is 7.10. The number of rotatable bonds is 5. The lowest BCUT2D eigenvalue weighted by Crippen LogP contribution is -2.33. The summed E-state index contributed by atoms with van der Waals surface area (Å²) < 4.78 is 5.55. The van der Waals surface area contributed by atoms with Crippen molar-refractivity contribution < 1.29 is 19.4 Å². The zero-order chi connectivity index (χ0) is 18.9. The molecule has 1 N–H and O–H groups in total. The van der Waals surface area contributed by atoms with Gasteiger partial charge in [0.2, 0.25) is 0 Å². The van der Waals surface area contributed by atoms with Crippen LogP contribution in [0.5, 0.6) is 0 Å². The van der Waals surface area contributed by atoms with Crippen LogP contribution in [-0.2, 0) is 9.53 Å². The van der Waals surface area contributed by atoms with Crippen molar-refractivity contribution in [3.05, 3.63) is 56.5 Å². The summed E-state index contributed by atoms with van der Waals surface area (Å²) in [5, 5.41) is 11.5. The van der Waals surface area contributed by atoms with E-state index in [0.29, 0.717) is 22.5 Å². The van der Waals surface area contributed by atoms with Crippen LogP contribution in [-0.4, -0.2) is 24.0 Å². The van der Waals surface area contributed by atoms with E-state index in [1.165, 1.54) is 0 Å². The first-order chi connectivity index (χ1) is 11.6. The smallest absolute Gasteiger partial charge is 0.336 e. The van der Waals surface area contributed by atoms with E-state index in [-0.39, 0.29) is 11.7 Å². The molecule has 0 aromatic carbocycles. The Labute approximate surface area is 152 Å². The third kappa shape index (κ3) is 3.33. The van der Waals surface area contributed by atoms with Gasteiger partial charge in [-0.25, -0.2) is 4.79 Å². The lowest BCUT2D eigenvalue weighted by molar-refractivity contribution is -0.132. The number of hydrogen-bond acceptors (Lipinski definition) is 4. The molecule has 5 heteroatoms. The first-order valence-electron chi connectivity index (χ1n) is 8.09. The molecule has 25 heavy (non-hydrogen) atoms. The fourth-order valence-electron chi connectivity index (χ4n) is 3.36. The Morgan fingerprint density at radius 1 is 1.28 bits per heavy atom. The van der Waals surface area contributed by atoms with Crippen molar-refractivity contribution >= 4 is 23.1 Å². The van der Waals surface area contributed by atoms with Crippen LogP contribution < -0.4 is 0 Å². The molecule has 1 atom stereocenters. The highest BCUT2D eigenvalue weighted by atomic mass is 32.1. The van der Waals surface area contributed by atoms with E-state index in [1.54, 1.807) is 31.4 Å². The van der Waals surface area contributed by atoms with Crippen LogP contribution in [0.25, 0.3) is 0 Å². The van der Waals surface area contributed by atoms with E-state index in [0.717, 1.165) is 10.5 Å².